The Bertz CT molecular complexity index is 464. The number of ether oxygens (including phenoxy) is 2. The van der Waals surface area contributed by atoms with Crippen molar-refractivity contribution in [3.63, 3.8) is 0 Å². The molecule has 116 valence electrons. The molecule has 0 aromatic heterocycles. The normalized spacial score (nSPS) is 19.3. The zero-order valence-corrected chi connectivity index (χ0v) is 12.6. The number of benzene rings is 1. The van der Waals surface area contributed by atoms with Crippen molar-refractivity contribution in [3.05, 3.63) is 29.8 Å². The molecule has 5 nitrogen and oxygen atoms in total. The van der Waals surface area contributed by atoms with Crippen molar-refractivity contribution >= 4 is 5.78 Å². The number of aliphatic hydroxyl groups excluding tert-OH is 1. The van der Waals surface area contributed by atoms with Gasteiger partial charge in [0, 0.05) is 18.7 Å². The van der Waals surface area contributed by atoms with E-state index < -0.39 is 5.41 Å². The Morgan fingerprint density at radius 1 is 1.43 bits per heavy atom. The van der Waals surface area contributed by atoms with E-state index in [2.05, 4.69) is 5.32 Å². The van der Waals surface area contributed by atoms with E-state index in [-0.39, 0.29) is 25.1 Å². The Morgan fingerprint density at radius 2 is 2.14 bits per heavy atom. The SMILES string of the molecule is CC(C)(C(=O)c1ccc(OCCO)cc1)C1CNCCO1. The molecular weight excluding hydrogens is 270 g/mol. The molecule has 1 fully saturated rings. The van der Waals surface area contributed by atoms with Crippen LogP contribution in [0.5, 0.6) is 5.75 Å². The van der Waals surface area contributed by atoms with Gasteiger partial charge in [-0.2, -0.15) is 0 Å². The monoisotopic (exact) mass is 293 g/mol. The summed E-state index contributed by atoms with van der Waals surface area (Å²) in [6, 6.07) is 7.01. The molecule has 1 unspecified atom stereocenters. The van der Waals surface area contributed by atoms with Crippen molar-refractivity contribution in [1.82, 2.24) is 5.32 Å². The van der Waals surface area contributed by atoms with Gasteiger partial charge in [-0.15, -0.1) is 0 Å². The average molecular weight is 293 g/mol. The first-order chi connectivity index (χ1) is 10.1. The molecule has 1 saturated heterocycles. The second-order valence-corrected chi connectivity index (χ2v) is 5.71. The van der Waals surface area contributed by atoms with Crippen LogP contribution in [0.3, 0.4) is 0 Å². The topological polar surface area (TPSA) is 67.8 Å². The van der Waals surface area contributed by atoms with Gasteiger partial charge in [0.1, 0.15) is 12.4 Å². The summed E-state index contributed by atoms with van der Waals surface area (Å²) in [5.41, 5.74) is 0.0616. The van der Waals surface area contributed by atoms with Gasteiger partial charge in [0.2, 0.25) is 0 Å². The zero-order valence-electron chi connectivity index (χ0n) is 12.6. The molecular formula is C16H23NO4. The summed E-state index contributed by atoms with van der Waals surface area (Å²) in [4.78, 5) is 12.7. The van der Waals surface area contributed by atoms with Gasteiger partial charge in [-0.05, 0) is 38.1 Å². The molecule has 0 radical (unpaired) electrons. The summed E-state index contributed by atoms with van der Waals surface area (Å²) < 4.78 is 11.0. The Balaban J connectivity index is 2.07. The highest BCUT2D eigenvalue weighted by atomic mass is 16.5. The number of carbonyl (C=O) groups excluding carboxylic acids is 1. The van der Waals surface area contributed by atoms with Gasteiger partial charge in [0.15, 0.2) is 5.78 Å². The Kier molecular flexibility index (Phi) is 5.33. The van der Waals surface area contributed by atoms with Crippen LogP contribution >= 0.6 is 0 Å². The highest BCUT2D eigenvalue weighted by Gasteiger charge is 2.38. The number of morpholine rings is 1. The number of hydrogen-bond donors (Lipinski definition) is 2. The molecule has 1 aliphatic heterocycles. The molecule has 1 aromatic rings. The number of rotatable bonds is 6. The molecule has 1 aliphatic rings. The summed E-state index contributed by atoms with van der Waals surface area (Å²) in [7, 11) is 0. The zero-order chi connectivity index (χ0) is 15.3. The van der Waals surface area contributed by atoms with Gasteiger partial charge in [0.05, 0.1) is 24.7 Å². The average Bonchev–Trinajstić information content (AvgIpc) is 2.53. The molecule has 2 N–H and O–H groups in total. The molecule has 1 atom stereocenters. The third-order valence-corrected chi connectivity index (χ3v) is 3.79. The molecule has 21 heavy (non-hydrogen) atoms. The van der Waals surface area contributed by atoms with Gasteiger partial charge in [-0.1, -0.05) is 0 Å². The molecule has 1 aromatic carbocycles. The van der Waals surface area contributed by atoms with Crippen molar-refractivity contribution < 1.29 is 19.4 Å². The van der Waals surface area contributed by atoms with Gasteiger partial charge in [-0.3, -0.25) is 4.79 Å². The maximum Gasteiger partial charge on any atom is 0.171 e. The van der Waals surface area contributed by atoms with Gasteiger partial charge < -0.3 is 19.9 Å². The standard InChI is InChI=1S/C16H23NO4/c1-16(2,14-11-17-7-9-21-14)15(19)12-3-5-13(6-4-12)20-10-8-18/h3-6,14,17-18H,7-11H2,1-2H3. The molecule has 1 heterocycles. The van der Waals surface area contributed by atoms with Crippen LogP contribution < -0.4 is 10.1 Å². The van der Waals surface area contributed by atoms with E-state index in [0.717, 1.165) is 6.54 Å². The van der Waals surface area contributed by atoms with E-state index in [9.17, 15) is 4.79 Å². The Labute approximate surface area is 125 Å². The summed E-state index contributed by atoms with van der Waals surface area (Å²) in [5, 5.41) is 12.0. The maximum absolute atomic E-state index is 12.7. The smallest absolute Gasteiger partial charge is 0.171 e. The van der Waals surface area contributed by atoms with Crippen molar-refractivity contribution in [3.8, 4) is 5.75 Å². The summed E-state index contributed by atoms with van der Waals surface area (Å²) >= 11 is 0. The van der Waals surface area contributed by atoms with Crippen molar-refractivity contribution in [2.45, 2.75) is 20.0 Å². The third-order valence-electron chi connectivity index (χ3n) is 3.79. The van der Waals surface area contributed by atoms with Crippen molar-refractivity contribution in [1.29, 1.82) is 0 Å². The molecule has 5 heteroatoms. The fraction of sp³-hybridized carbons (Fsp3) is 0.562. The molecule has 0 amide bonds. The molecule has 0 aliphatic carbocycles. The lowest BCUT2D eigenvalue weighted by Crippen LogP contribution is -2.49. The molecule has 2 rings (SSSR count). The number of hydrogen-bond acceptors (Lipinski definition) is 5. The van der Waals surface area contributed by atoms with Crippen LogP contribution in [-0.4, -0.2) is 49.9 Å². The first-order valence-electron chi connectivity index (χ1n) is 7.26. The lowest BCUT2D eigenvalue weighted by atomic mass is 9.78. The second-order valence-electron chi connectivity index (χ2n) is 5.71. The maximum atomic E-state index is 12.7. The highest BCUT2D eigenvalue weighted by molar-refractivity contribution is 6.00. The van der Waals surface area contributed by atoms with Gasteiger partial charge >= 0.3 is 0 Å². The Morgan fingerprint density at radius 3 is 2.71 bits per heavy atom. The lowest BCUT2D eigenvalue weighted by molar-refractivity contribution is -0.0324. The predicted octanol–water partition coefficient (Wildman–Crippen LogP) is 1.25. The lowest BCUT2D eigenvalue weighted by Gasteiger charge is -2.36. The number of ketones is 1. The third kappa shape index (κ3) is 3.81. The summed E-state index contributed by atoms with van der Waals surface area (Å²) in [6.45, 7) is 6.22. The number of Topliss-reactive ketones (excluding diaryl/α,β-unsaturated/α-hetero) is 1. The minimum Gasteiger partial charge on any atom is -0.491 e. The first kappa shape index (κ1) is 15.9. The second kappa shape index (κ2) is 7.02. The molecule has 0 saturated carbocycles. The van der Waals surface area contributed by atoms with E-state index in [4.69, 9.17) is 14.6 Å². The van der Waals surface area contributed by atoms with Crippen LogP contribution in [0.1, 0.15) is 24.2 Å². The molecule has 0 bridgehead atoms. The van der Waals surface area contributed by atoms with Crippen LogP contribution in [0, 0.1) is 5.41 Å². The fourth-order valence-corrected chi connectivity index (χ4v) is 2.41. The summed E-state index contributed by atoms with van der Waals surface area (Å²) in [6.07, 6.45) is -0.121. The van der Waals surface area contributed by atoms with Crippen molar-refractivity contribution in [2.24, 2.45) is 5.41 Å². The summed E-state index contributed by atoms with van der Waals surface area (Å²) in [5.74, 6) is 0.707. The highest BCUT2D eigenvalue weighted by Crippen LogP contribution is 2.29. The van der Waals surface area contributed by atoms with E-state index in [1.165, 1.54) is 0 Å². The van der Waals surface area contributed by atoms with Crippen LogP contribution in [0.15, 0.2) is 24.3 Å². The van der Waals surface area contributed by atoms with E-state index in [1.807, 2.05) is 13.8 Å². The predicted molar refractivity (Wildman–Crippen MR) is 79.7 cm³/mol. The van der Waals surface area contributed by atoms with E-state index in [0.29, 0.717) is 24.5 Å². The van der Waals surface area contributed by atoms with Crippen LogP contribution in [0.25, 0.3) is 0 Å². The molecule has 0 spiro atoms. The first-order valence-corrected chi connectivity index (χ1v) is 7.26. The van der Waals surface area contributed by atoms with E-state index >= 15 is 0 Å². The fourth-order valence-electron chi connectivity index (χ4n) is 2.41. The minimum atomic E-state index is -0.582. The number of carbonyl (C=O) groups is 1. The van der Waals surface area contributed by atoms with Gasteiger partial charge in [0.25, 0.3) is 0 Å². The number of aliphatic hydroxyl groups is 1. The minimum absolute atomic E-state index is 0.0280. The number of nitrogens with one attached hydrogen (secondary N) is 1. The Hall–Kier alpha value is -1.43. The quantitative estimate of drug-likeness (QED) is 0.773. The van der Waals surface area contributed by atoms with Crippen LogP contribution in [-0.2, 0) is 4.74 Å². The largest absolute Gasteiger partial charge is 0.491 e. The van der Waals surface area contributed by atoms with Crippen LogP contribution in [0.2, 0.25) is 0 Å². The van der Waals surface area contributed by atoms with Crippen molar-refractivity contribution in [2.75, 3.05) is 32.9 Å². The van der Waals surface area contributed by atoms with Crippen LogP contribution in [0.4, 0.5) is 0 Å². The van der Waals surface area contributed by atoms with E-state index in [1.54, 1.807) is 24.3 Å². The van der Waals surface area contributed by atoms with Gasteiger partial charge in [-0.25, -0.2) is 0 Å².